The molecule has 0 atom stereocenters. The average Bonchev–Trinajstić information content (AvgIpc) is 2.34. The van der Waals surface area contributed by atoms with Crippen molar-refractivity contribution >= 4 is 17.8 Å². The first-order chi connectivity index (χ1) is 8.09. The number of piperidine rings is 1. The van der Waals surface area contributed by atoms with Crippen LogP contribution in [0.25, 0.3) is 0 Å². The molecule has 2 amide bonds. The van der Waals surface area contributed by atoms with Gasteiger partial charge in [-0.2, -0.15) is 0 Å². The van der Waals surface area contributed by atoms with Crippen molar-refractivity contribution in [3.05, 3.63) is 0 Å². The summed E-state index contributed by atoms with van der Waals surface area (Å²) < 4.78 is 0. The fourth-order valence-electron chi connectivity index (χ4n) is 1.63. The number of aliphatic carboxylic acids is 1. The maximum absolute atomic E-state index is 11.6. The molecule has 0 aliphatic carbocycles. The fourth-order valence-corrected chi connectivity index (χ4v) is 1.63. The Balaban J connectivity index is 2.18. The zero-order chi connectivity index (χ0) is 12.7. The van der Waals surface area contributed by atoms with Gasteiger partial charge in [0.2, 0.25) is 11.8 Å². The van der Waals surface area contributed by atoms with E-state index in [0.29, 0.717) is 0 Å². The van der Waals surface area contributed by atoms with Crippen LogP contribution >= 0.6 is 0 Å². The Bertz CT molecular complexity index is 300. The highest BCUT2D eigenvalue weighted by molar-refractivity contribution is 5.87. The van der Waals surface area contributed by atoms with Crippen molar-refractivity contribution < 1.29 is 19.5 Å². The summed E-state index contributed by atoms with van der Waals surface area (Å²) in [5, 5.41) is 16.2. The number of amides is 2. The second-order valence-corrected chi connectivity index (χ2v) is 3.91. The Kier molecular flexibility index (Phi) is 5.41. The number of carboxylic acids is 1. The highest BCUT2D eigenvalue weighted by Gasteiger charge is 2.20. The maximum atomic E-state index is 11.6. The average molecular weight is 243 g/mol. The van der Waals surface area contributed by atoms with Crippen LogP contribution in [-0.2, 0) is 14.4 Å². The second kappa shape index (κ2) is 6.85. The number of nitrogens with one attached hydrogen (secondary N) is 3. The number of carbonyl (C=O) groups excluding carboxylic acids is 2. The van der Waals surface area contributed by atoms with E-state index in [0.717, 1.165) is 25.9 Å². The van der Waals surface area contributed by atoms with Gasteiger partial charge in [-0.05, 0) is 25.9 Å². The molecule has 1 aliphatic heterocycles. The van der Waals surface area contributed by atoms with E-state index in [9.17, 15) is 14.4 Å². The molecule has 7 nitrogen and oxygen atoms in total. The van der Waals surface area contributed by atoms with Gasteiger partial charge >= 0.3 is 5.97 Å². The Hall–Kier alpha value is -1.63. The highest BCUT2D eigenvalue weighted by atomic mass is 16.4. The van der Waals surface area contributed by atoms with E-state index in [1.54, 1.807) is 0 Å². The number of carboxylic acid groups (broad SMARTS) is 1. The molecule has 1 fully saturated rings. The summed E-state index contributed by atoms with van der Waals surface area (Å²) in [5.41, 5.74) is 0. The summed E-state index contributed by atoms with van der Waals surface area (Å²) in [7, 11) is 0. The first kappa shape index (κ1) is 13.4. The monoisotopic (exact) mass is 243 g/mol. The van der Waals surface area contributed by atoms with Gasteiger partial charge in [-0.15, -0.1) is 0 Å². The number of rotatable bonds is 5. The minimum Gasteiger partial charge on any atom is -0.480 e. The standard InChI is InChI=1S/C10H17N3O4/c14-8(12-6-9(15)16)5-13-10(17)7-1-3-11-4-2-7/h7,11H,1-6H2,(H,12,14)(H,13,17)(H,15,16). The Morgan fingerprint density at radius 2 is 1.76 bits per heavy atom. The summed E-state index contributed by atoms with van der Waals surface area (Å²) in [6.07, 6.45) is 1.53. The van der Waals surface area contributed by atoms with E-state index in [-0.39, 0.29) is 18.4 Å². The van der Waals surface area contributed by atoms with E-state index >= 15 is 0 Å². The van der Waals surface area contributed by atoms with Gasteiger partial charge < -0.3 is 21.1 Å². The quantitative estimate of drug-likeness (QED) is 0.460. The Morgan fingerprint density at radius 3 is 2.35 bits per heavy atom. The Labute approximate surface area is 98.9 Å². The van der Waals surface area contributed by atoms with Crippen LogP contribution < -0.4 is 16.0 Å². The lowest BCUT2D eigenvalue weighted by Crippen LogP contribution is -2.43. The largest absolute Gasteiger partial charge is 0.480 e. The lowest BCUT2D eigenvalue weighted by Gasteiger charge is -2.21. The van der Waals surface area contributed by atoms with Gasteiger partial charge in [0.05, 0.1) is 6.54 Å². The van der Waals surface area contributed by atoms with Crippen LogP contribution in [0, 0.1) is 5.92 Å². The number of hydrogen-bond donors (Lipinski definition) is 4. The molecule has 96 valence electrons. The smallest absolute Gasteiger partial charge is 0.322 e. The lowest BCUT2D eigenvalue weighted by atomic mass is 9.97. The zero-order valence-corrected chi connectivity index (χ0v) is 9.49. The molecule has 0 saturated carbocycles. The van der Waals surface area contributed by atoms with E-state index in [1.165, 1.54) is 0 Å². The SMILES string of the molecule is O=C(O)CNC(=O)CNC(=O)C1CCNCC1. The van der Waals surface area contributed by atoms with Crippen molar-refractivity contribution in [1.82, 2.24) is 16.0 Å². The summed E-state index contributed by atoms with van der Waals surface area (Å²) >= 11 is 0. The lowest BCUT2D eigenvalue weighted by molar-refractivity contribution is -0.137. The molecule has 4 N–H and O–H groups in total. The van der Waals surface area contributed by atoms with Gasteiger partial charge in [0.25, 0.3) is 0 Å². The topological polar surface area (TPSA) is 108 Å². The third-order valence-electron chi connectivity index (χ3n) is 2.57. The third-order valence-corrected chi connectivity index (χ3v) is 2.57. The van der Waals surface area contributed by atoms with Crippen molar-refractivity contribution in [3.8, 4) is 0 Å². The van der Waals surface area contributed by atoms with E-state index in [1.807, 2.05) is 0 Å². The fraction of sp³-hybridized carbons (Fsp3) is 0.700. The highest BCUT2D eigenvalue weighted by Crippen LogP contribution is 2.10. The minimum absolute atomic E-state index is 0.0523. The summed E-state index contributed by atoms with van der Waals surface area (Å²) in [5.74, 6) is -1.79. The molecule has 0 aromatic heterocycles. The molecule has 1 aliphatic rings. The molecule has 1 rings (SSSR count). The van der Waals surface area contributed by atoms with Gasteiger partial charge in [0, 0.05) is 5.92 Å². The molecular formula is C10H17N3O4. The van der Waals surface area contributed by atoms with E-state index in [2.05, 4.69) is 16.0 Å². The molecule has 1 heterocycles. The van der Waals surface area contributed by atoms with Gasteiger partial charge in [0.1, 0.15) is 6.54 Å². The molecule has 0 unspecified atom stereocenters. The van der Waals surface area contributed by atoms with Gasteiger partial charge in [0.15, 0.2) is 0 Å². The molecular weight excluding hydrogens is 226 g/mol. The first-order valence-electron chi connectivity index (χ1n) is 5.56. The molecule has 7 heteroatoms. The van der Waals surface area contributed by atoms with Crippen LogP contribution in [-0.4, -0.2) is 49.1 Å². The number of hydrogen-bond acceptors (Lipinski definition) is 4. The van der Waals surface area contributed by atoms with Crippen LogP contribution in [0.3, 0.4) is 0 Å². The predicted molar refractivity (Wildman–Crippen MR) is 59.2 cm³/mol. The molecule has 1 saturated heterocycles. The van der Waals surface area contributed by atoms with E-state index < -0.39 is 18.4 Å². The third kappa shape index (κ3) is 5.30. The molecule has 0 aromatic carbocycles. The molecule has 0 bridgehead atoms. The van der Waals surface area contributed by atoms with Crippen molar-refractivity contribution in [1.29, 1.82) is 0 Å². The zero-order valence-electron chi connectivity index (χ0n) is 9.49. The number of carbonyl (C=O) groups is 3. The minimum atomic E-state index is -1.11. The second-order valence-electron chi connectivity index (χ2n) is 3.91. The predicted octanol–water partition coefficient (Wildman–Crippen LogP) is -1.70. The molecule has 0 radical (unpaired) electrons. The van der Waals surface area contributed by atoms with Crippen molar-refractivity contribution in [3.63, 3.8) is 0 Å². The van der Waals surface area contributed by atoms with Crippen LogP contribution in [0.5, 0.6) is 0 Å². The van der Waals surface area contributed by atoms with Crippen LogP contribution in [0.4, 0.5) is 0 Å². The Morgan fingerprint density at radius 1 is 1.12 bits per heavy atom. The van der Waals surface area contributed by atoms with Crippen molar-refractivity contribution in [2.75, 3.05) is 26.2 Å². The maximum Gasteiger partial charge on any atom is 0.322 e. The van der Waals surface area contributed by atoms with Gasteiger partial charge in [-0.1, -0.05) is 0 Å². The first-order valence-corrected chi connectivity index (χ1v) is 5.56. The summed E-state index contributed by atoms with van der Waals surface area (Å²) in [6, 6.07) is 0. The summed E-state index contributed by atoms with van der Waals surface area (Å²) in [6.45, 7) is 1.02. The van der Waals surface area contributed by atoms with Crippen molar-refractivity contribution in [2.24, 2.45) is 5.92 Å². The van der Waals surface area contributed by atoms with Crippen LogP contribution in [0.15, 0.2) is 0 Å². The molecule has 0 aromatic rings. The van der Waals surface area contributed by atoms with Gasteiger partial charge in [-0.25, -0.2) is 0 Å². The van der Waals surface area contributed by atoms with E-state index in [4.69, 9.17) is 5.11 Å². The van der Waals surface area contributed by atoms with Crippen molar-refractivity contribution in [2.45, 2.75) is 12.8 Å². The molecule has 0 spiro atoms. The van der Waals surface area contributed by atoms with Gasteiger partial charge in [-0.3, -0.25) is 14.4 Å². The van der Waals surface area contributed by atoms with Crippen LogP contribution in [0.2, 0.25) is 0 Å². The van der Waals surface area contributed by atoms with Crippen LogP contribution in [0.1, 0.15) is 12.8 Å². The molecule has 17 heavy (non-hydrogen) atoms. The normalized spacial score (nSPS) is 16.2. The summed E-state index contributed by atoms with van der Waals surface area (Å²) in [4.78, 5) is 32.9.